The van der Waals surface area contributed by atoms with Gasteiger partial charge >= 0.3 is 5.97 Å². The normalized spacial score (nSPS) is 21.6. The predicted octanol–water partition coefficient (Wildman–Crippen LogP) is 2.63. The highest BCUT2D eigenvalue weighted by molar-refractivity contribution is 7.17. The highest BCUT2D eigenvalue weighted by atomic mass is 35.5. The molecule has 0 aromatic carbocycles. The number of hydrogen-bond acceptors (Lipinski definition) is 9. The number of carbonyl (C=O) groups excluding carboxylic acids is 1. The minimum absolute atomic E-state index is 0.0666. The van der Waals surface area contributed by atoms with E-state index in [4.69, 9.17) is 21.2 Å². The third-order valence-corrected chi connectivity index (χ3v) is 7.00. The number of nitrogens with zero attached hydrogens (tertiary/aromatic N) is 4. The number of oxime groups is 1. The van der Waals surface area contributed by atoms with Gasteiger partial charge < -0.3 is 24.9 Å². The number of carboxylic acid groups (broad SMARTS) is 1. The molecule has 1 amide bonds. The van der Waals surface area contributed by atoms with E-state index in [1.54, 1.807) is 14.0 Å². The highest BCUT2D eigenvalue weighted by Gasteiger charge is 2.34. The Labute approximate surface area is 194 Å². The lowest BCUT2D eigenvalue weighted by Gasteiger charge is -2.37. The molecule has 0 saturated carbocycles. The second kappa shape index (κ2) is 10.4. The van der Waals surface area contributed by atoms with Gasteiger partial charge in [-0.1, -0.05) is 35.0 Å². The number of amides is 1. The molecular formula is C20H26ClN5O5S. The molecule has 174 valence electrons. The van der Waals surface area contributed by atoms with Crippen LogP contribution in [0.5, 0.6) is 0 Å². The van der Waals surface area contributed by atoms with Gasteiger partial charge in [-0.25, -0.2) is 14.8 Å². The molecule has 2 N–H and O–H groups in total. The summed E-state index contributed by atoms with van der Waals surface area (Å²) in [4.78, 5) is 40.0. The fourth-order valence-corrected chi connectivity index (χ4v) is 5.00. The van der Waals surface area contributed by atoms with E-state index in [0.29, 0.717) is 52.5 Å². The van der Waals surface area contributed by atoms with E-state index < -0.39 is 5.97 Å². The standard InChI is InChI=1S/C20H26ClN5O5S/c1-5-11-8-13(22-17(11)21)18(27)23-12-6-7-26(9-14(12)30-3)20-24-15(19(28)29)16(32-20)10(2)25-31-4/h12,14H,5-9H2,1-4H3,(H,23,27)(H,28,29)/b25-10-/t12-,14+/m1/s1. The number of halogens is 1. The SMILES string of the molecule is CCC1=C(Cl)N=C(C(=O)N[C@@H]2CCN(c3nc(C(=O)O)c(/C(C)=N\OC)s3)C[C@@H]2OC)C1. The van der Waals surface area contributed by atoms with Gasteiger partial charge in [0.1, 0.15) is 18.0 Å². The summed E-state index contributed by atoms with van der Waals surface area (Å²) >= 11 is 7.33. The van der Waals surface area contributed by atoms with E-state index in [-0.39, 0.29) is 23.7 Å². The van der Waals surface area contributed by atoms with Crippen LogP contribution in [-0.4, -0.2) is 72.8 Å². The lowest BCUT2D eigenvalue weighted by atomic mass is 10.0. The van der Waals surface area contributed by atoms with Crippen LogP contribution in [0, 0.1) is 0 Å². The van der Waals surface area contributed by atoms with Crippen LogP contribution in [-0.2, 0) is 14.4 Å². The molecule has 0 bridgehead atoms. The van der Waals surface area contributed by atoms with Crippen molar-refractivity contribution < 1.29 is 24.3 Å². The average molecular weight is 484 g/mol. The number of carboxylic acids is 1. The van der Waals surface area contributed by atoms with Gasteiger partial charge in [0, 0.05) is 26.6 Å². The van der Waals surface area contributed by atoms with Crippen molar-refractivity contribution in [3.63, 3.8) is 0 Å². The maximum absolute atomic E-state index is 12.7. The minimum atomic E-state index is -1.13. The molecule has 0 radical (unpaired) electrons. The molecule has 3 heterocycles. The fourth-order valence-electron chi connectivity index (χ4n) is 3.67. The summed E-state index contributed by atoms with van der Waals surface area (Å²) in [6.07, 6.45) is 1.50. The zero-order valence-corrected chi connectivity index (χ0v) is 19.9. The first-order chi connectivity index (χ1) is 15.3. The van der Waals surface area contributed by atoms with Gasteiger partial charge in [0.05, 0.1) is 22.7 Å². The second-order valence-electron chi connectivity index (χ2n) is 7.41. The first kappa shape index (κ1) is 24.1. The van der Waals surface area contributed by atoms with Crippen LogP contribution >= 0.6 is 22.9 Å². The second-order valence-corrected chi connectivity index (χ2v) is 8.75. The smallest absolute Gasteiger partial charge is 0.356 e. The number of hydrogen-bond donors (Lipinski definition) is 2. The molecule has 12 heteroatoms. The van der Waals surface area contributed by atoms with Crippen LogP contribution in [0.3, 0.4) is 0 Å². The van der Waals surface area contributed by atoms with Crippen molar-refractivity contribution in [2.75, 3.05) is 32.2 Å². The summed E-state index contributed by atoms with van der Waals surface area (Å²) in [6.45, 7) is 4.67. The molecule has 0 spiro atoms. The van der Waals surface area contributed by atoms with Gasteiger partial charge in [-0.3, -0.25) is 4.79 Å². The molecule has 1 aromatic heterocycles. The maximum Gasteiger partial charge on any atom is 0.356 e. The molecule has 2 aliphatic rings. The van der Waals surface area contributed by atoms with Crippen molar-refractivity contribution in [3.8, 4) is 0 Å². The van der Waals surface area contributed by atoms with Crippen molar-refractivity contribution in [1.29, 1.82) is 0 Å². The third kappa shape index (κ3) is 5.11. The number of rotatable bonds is 8. The largest absolute Gasteiger partial charge is 0.476 e. The maximum atomic E-state index is 12.7. The monoisotopic (exact) mass is 483 g/mol. The molecule has 32 heavy (non-hydrogen) atoms. The molecule has 2 aliphatic heterocycles. The van der Waals surface area contributed by atoms with Crippen LogP contribution in [0.15, 0.2) is 20.9 Å². The first-order valence-corrected chi connectivity index (χ1v) is 11.3. The summed E-state index contributed by atoms with van der Waals surface area (Å²) in [5, 5.41) is 17.3. The van der Waals surface area contributed by atoms with Crippen LogP contribution in [0.25, 0.3) is 0 Å². The highest BCUT2D eigenvalue weighted by Crippen LogP contribution is 2.30. The lowest BCUT2D eigenvalue weighted by Crippen LogP contribution is -2.55. The summed E-state index contributed by atoms with van der Waals surface area (Å²) in [5.41, 5.74) is 1.74. The number of aliphatic imine (C=N–C) groups is 1. The van der Waals surface area contributed by atoms with Gasteiger partial charge in [-0.05, 0) is 25.3 Å². The van der Waals surface area contributed by atoms with Crippen LogP contribution in [0.2, 0.25) is 0 Å². The van der Waals surface area contributed by atoms with Gasteiger partial charge in [-0.2, -0.15) is 0 Å². The van der Waals surface area contributed by atoms with Crippen molar-refractivity contribution >= 4 is 51.4 Å². The summed E-state index contributed by atoms with van der Waals surface area (Å²) in [6, 6.07) is -0.217. The van der Waals surface area contributed by atoms with Gasteiger partial charge in [0.25, 0.3) is 5.91 Å². The van der Waals surface area contributed by atoms with Crippen molar-refractivity contribution in [3.05, 3.63) is 21.3 Å². The van der Waals surface area contributed by atoms with Crippen molar-refractivity contribution in [1.82, 2.24) is 10.3 Å². The summed E-state index contributed by atoms with van der Waals surface area (Å²) in [5.74, 6) is -1.38. The van der Waals surface area contributed by atoms with Gasteiger partial charge in [0.2, 0.25) is 0 Å². The average Bonchev–Trinajstić information content (AvgIpc) is 3.38. The van der Waals surface area contributed by atoms with Gasteiger partial charge in [0.15, 0.2) is 10.8 Å². The topological polar surface area (TPSA) is 126 Å². The molecule has 1 saturated heterocycles. The zero-order chi connectivity index (χ0) is 23.4. The number of methoxy groups -OCH3 is 1. The van der Waals surface area contributed by atoms with Crippen molar-refractivity contribution in [2.24, 2.45) is 10.1 Å². The Kier molecular flexibility index (Phi) is 7.86. The van der Waals surface area contributed by atoms with E-state index in [1.807, 2.05) is 11.8 Å². The molecule has 0 unspecified atom stereocenters. The lowest BCUT2D eigenvalue weighted by molar-refractivity contribution is -0.116. The minimum Gasteiger partial charge on any atom is -0.476 e. The molecule has 2 atom stereocenters. The van der Waals surface area contributed by atoms with Crippen LogP contribution < -0.4 is 10.2 Å². The Bertz CT molecular complexity index is 989. The third-order valence-electron chi connectivity index (χ3n) is 5.42. The fraction of sp³-hybridized carbons (Fsp3) is 0.550. The molecule has 10 nitrogen and oxygen atoms in total. The van der Waals surface area contributed by atoms with Gasteiger partial charge in [-0.15, -0.1) is 0 Å². The molecule has 0 aliphatic carbocycles. The number of aromatic nitrogens is 1. The number of piperidine rings is 1. The van der Waals surface area contributed by atoms with E-state index in [2.05, 4.69) is 20.4 Å². The number of ether oxygens (including phenoxy) is 1. The van der Waals surface area contributed by atoms with Crippen LogP contribution in [0.4, 0.5) is 5.13 Å². The quantitative estimate of drug-likeness (QED) is 0.330. The first-order valence-electron chi connectivity index (χ1n) is 10.1. The predicted molar refractivity (Wildman–Crippen MR) is 123 cm³/mol. The zero-order valence-electron chi connectivity index (χ0n) is 18.3. The number of aromatic carboxylic acids is 1. The Morgan fingerprint density at radius 3 is 2.75 bits per heavy atom. The number of allylic oxidation sites excluding steroid dienone is 1. The number of anilines is 1. The Morgan fingerprint density at radius 1 is 1.41 bits per heavy atom. The van der Waals surface area contributed by atoms with E-state index in [1.165, 1.54) is 18.4 Å². The Balaban J connectivity index is 1.70. The number of nitrogens with one attached hydrogen (secondary N) is 1. The molecule has 1 aromatic rings. The molecule has 1 fully saturated rings. The van der Waals surface area contributed by atoms with E-state index in [9.17, 15) is 14.7 Å². The Hall–Kier alpha value is -2.50. The molecular weight excluding hydrogens is 458 g/mol. The molecule has 3 rings (SSSR count). The Morgan fingerprint density at radius 2 is 2.16 bits per heavy atom. The summed E-state index contributed by atoms with van der Waals surface area (Å²) < 4.78 is 5.64. The number of carbonyl (C=O) groups is 2. The van der Waals surface area contributed by atoms with Crippen molar-refractivity contribution in [2.45, 2.75) is 45.3 Å². The number of thiazole rings is 1. The van der Waals surface area contributed by atoms with E-state index >= 15 is 0 Å². The van der Waals surface area contributed by atoms with Crippen LogP contribution in [0.1, 0.15) is 48.5 Å². The summed E-state index contributed by atoms with van der Waals surface area (Å²) in [7, 11) is 2.98. The van der Waals surface area contributed by atoms with E-state index in [0.717, 1.165) is 12.0 Å².